The van der Waals surface area contributed by atoms with Crippen LogP contribution in [0.4, 0.5) is 10.1 Å². The summed E-state index contributed by atoms with van der Waals surface area (Å²) in [4.78, 5) is 18.4. The molecule has 47 heavy (non-hydrogen) atoms. The van der Waals surface area contributed by atoms with Crippen molar-refractivity contribution in [3.05, 3.63) is 69.5 Å². The lowest BCUT2D eigenvalue weighted by Crippen LogP contribution is -2.55. The fourth-order valence-electron chi connectivity index (χ4n) is 8.26. The number of morpholine rings is 1. The number of rotatable bonds is 1. The first-order chi connectivity index (χ1) is 22.6. The maximum atomic E-state index is 15.5. The van der Waals surface area contributed by atoms with E-state index in [2.05, 4.69) is 20.6 Å². The lowest BCUT2D eigenvalue weighted by atomic mass is 9.63. The number of allylic oxidation sites excluding steroid dienone is 1. The van der Waals surface area contributed by atoms with Gasteiger partial charge in [0.05, 0.1) is 35.8 Å². The molecule has 4 heterocycles. The molecule has 11 heteroatoms. The third-order valence-electron chi connectivity index (χ3n) is 11.5. The van der Waals surface area contributed by atoms with Gasteiger partial charge in [-0.05, 0) is 105 Å². The summed E-state index contributed by atoms with van der Waals surface area (Å²) in [6.07, 6.45) is 7.37. The Kier molecular flexibility index (Phi) is 9.32. The largest absolute Gasteiger partial charge is 0.491 e. The second-order valence-electron chi connectivity index (χ2n) is 14.1. The Hall–Kier alpha value is -2.66. The molecule has 254 valence electrons. The molecule has 8 nitrogen and oxygen atoms in total. The highest BCUT2D eigenvalue weighted by atomic mass is 35.5. The quantitative estimate of drug-likeness (QED) is 0.370. The highest BCUT2D eigenvalue weighted by Crippen LogP contribution is 2.48. The first-order valence-corrected chi connectivity index (χ1v) is 19.1. The number of ether oxygens (including phenoxy) is 2. The van der Waals surface area contributed by atoms with E-state index in [-0.39, 0.29) is 34.3 Å². The van der Waals surface area contributed by atoms with Crippen LogP contribution in [0.1, 0.15) is 67.4 Å². The number of fused-ring (bicyclic) bond motifs is 5. The summed E-state index contributed by atoms with van der Waals surface area (Å²) in [5, 5.41) is -0.634. The number of amides is 1. The number of sulfonamides is 1. The Bertz CT molecular complexity index is 1660. The normalized spacial score (nSPS) is 31.4. The second-order valence-corrected chi connectivity index (χ2v) is 16.6. The minimum absolute atomic E-state index is 0.117. The van der Waals surface area contributed by atoms with E-state index in [9.17, 15) is 13.2 Å². The summed E-state index contributed by atoms with van der Waals surface area (Å²) in [6.45, 7) is 8.39. The third-order valence-corrected chi connectivity index (χ3v) is 13.7. The van der Waals surface area contributed by atoms with Crippen LogP contribution in [0.25, 0.3) is 0 Å². The number of carbonyl (C=O) groups excluding carboxylic acids is 1. The number of carbonyl (C=O) groups is 1. The zero-order chi connectivity index (χ0) is 32.9. The Morgan fingerprint density at radius 3 is 2.57 bits per heavy atom. The Balaban J connectivity index is 1.34. The van der Waals surface area contributed by atoms with Crippen molar-refractivity contribution in [1.29, 1.82) is 0 Å². The number of benzene rings is 2. The summed E-state index contributed by atoms with van der Waals surface area (Å²) >= 11 is 6.27. The van der Waals surface area contributed by atoms with Crippen LogP contribution in [0.15, 0.2) is 42.0 Å². The lowest BCUT2D eigenvalue weighted by molar-refractivity contribution is -0.0160. The van der Waals surface area contributed by atoms with Gasteiger partial charge >= 0.3 is 0 Å². The number of hydrogen-bond donors (Lipinski definition) is 1. The number of halogens is 2. The SMILES string of the molecule is C[C@@H]1[C@@H](C)S(=O)(=O)NC(=O)c2ccc3c(c2)N(Cc2ccc(Cl)c(F)c2CCCCO3)C[C@@H]2CC[C@H]2[C@@H](N2CCOCC2)C2=C[C@H]1C2. The van der Waals surface area contributed by atoms with Gasteiger partial charge in [0, 0.05) is 37.8 Å². The maximum Gasteiger partial charge on any atom is 0.264 e. The zero-order valence-corrected chi connectivity index (χ0v) is 28.8. The number of anilines is 1. The predicted molar refractivity (Wildman–Crippen MR) is 181 cm³/mol. The van der Waals surface area contributed by atoms with Crippen LogP contribution in [0.3, 0.4) is 0 Å². The van der Waals surface area contributed by atoms with Gasteiger partial charge in [-0.1, -0.05) is 36.2 Å². The van der Waals surface area contributed by atoms with Gasteiger partial charge in [0.25, 0.3) is 5.91 Å². The highest BCUT2D eigenvalue weighted by Gasteiger charge is 2.46. The molecular weight excluding hydrogens is 641 g/mol. The van der Waals surface area contributed by atoms with Gasteiger partial charge in [-0.25, -0.2) is 17.5 Å². The first kappa shape index (κ1) is 32.9. The van der Waals surface area contributed by atoms with Crippen molar-refractivity contribution in [2.75, 3.05) is 44.4 Å². The van der Waals surface area contributed by atoms with E-state index in [4.69, 9.17) is 21.1 Å². The standard InChI is InChI=1S/C36H45ClFN3O5S/c1-22-23(2)47(43,44)39-36(42)24-8-11-33-32(19-24)41(20-25-7-10-31(37)34(38)29(25)5-3-4-14-46-33)21-26-6-9-30(26)35(28-17-27(22)18-28)40-12-15-45-16-13-40/h7-8,10-11,17,19,22-23,26-27,30,35H,3-6,9,12-16,18,20-21H2,1-2H3,(H,39,42)/t22-,23-,26+,27+,30-,35+/m1/s1. The molecule has 2 aliphatic carbocycles. The van der Waals surface area contributed by atoms with Crippen LogP contribution < -0.4 is 14.4 Å². The monoisotopic (exact) mass is 685 g/mol. The maximum absolute atomic E-state index is 15.5. The van der Waals surface area contributed by atoms with Crippen LogP contribution in [-0.2, 0) is 27.7 Å². The molecule has 4 aliphatic heterocycles. The smallest absolute Gasteiger partial charge is 0.264 e. The van der Waals surface area contributed by atoms with Crippen LogP contribution >= 0.6 is 11.6 Å². The van der Waals surface area contributed by atoms with Gasteiger partial charge < -0.3 is 14.4 Å². The van der Waals surface area contributed by atoms with Crippen molar-refractivity contribution in [3.8, 4) is 5.75 Å². The van der Waals surface area contributed by atoms with Crippen molar-refractivity contribution in [2.45, 2.75) is 70.2 Å². The fraction of sp³-hybridized carbons (Fsp3) is 0.583. The average Bonchev–Trinajstić information content (AvgIpc) is 3.06. The molecule has 0 aromatic heterocycles. The van der Waals surface area contributed by atoms with Gasteiger partial charge in [0.15, 0.2) is 0 Å². The van der Waals surface area contributed by atoms with E-state index in [1.54, 1.807) is 31.2 Å². The second kappa shape index (κ2) is 13.3. The van der Waals surface area contributed by atoms with Crippen molar-refractivity contribution < 1.29 is 27.1 Å². The number of nitrogens with zero attached hydrogens (tertiary/aromatic N) is 2. The predicted octanol–water partition coefficient (Wildman–Crippen LogP) is 5.97. The van der Waals surface area contributed by atoms with E-state index >= 15 is 4.39 Å². The molecule has 0 spiro atoms. The lowest BCUT2D eigenvalue weighted by Gasteiger charge is -2.52. The molecule has 2 aromatic rings. The Morgan fingerprint density at radius 1 is 1.04 bits per heavy atom. The van der Waals surface area contributed by atoms with Crippen molar-refractivity contribution >= 4 is 33.2 Å². The van der Waals surface area contributed by atoms with Gasteiger partial charge in [-0.2, -0.15) is 0 Å². The van der Waals surface area contributed by atoms with Gasteiger partial charge in [0.2, 0.25) is 10.0 Å². The van der Waals surface area contributed by atoms with E-state index in [1.807, 2.05) is 13.0 Å². The molecule has 6 aliphatic rings. The number of hydrogen-bond acceptors (Lipinski definition) is 7. The zero-order valence-electron chi connectivity index (χ0n) is 27.2. The number of nitrogens with one attached hydrogen (secondary N) is 1. The summed E-state index contributed by atoms with van der Waals surface area (Å²) in [6, 6.07) is 8.97. The molecule has 4 bridgehead atoms. The molecule has 1 amide bonds. The Labute approximate surface area is 282 Å². The fourth-order valence-corrected chi connectivity index (χ4v) is 9.76. The van der Waals surface area contributed by atoms with E-state index < -0.39 is 21.2 Å². The molecule has 1 N–H and O–H groups in total. The van der Waals surface area contributed by atoms with Gasteiger partial charge in [-0.15, -0.1) is 0 Å². The van der Waals surface area contributed by atoms with Crippen molar-refractivity contribution in [3.63, 3.8) is 0 Å². The van der Waals surface area contributed by atoms with E-state index in [0.29, 0.717) is 68.2 Å². The third kappa shape index (κ3) is 6.43. The van der Waals surface area contributed by atoms with Crippen LogP contribution in [0, 0.1) is 29.5 Å². The van der Waals surface area contributed by atoms with Crippen molar-refractivity contribution in [2.24, 2.45) is 23.7 Å². The molecule has 2 fully saturated rings. The van der Waals surface area contributed by atoms with Crippen molar-refractivity contribution in [1.82, 2.24) is 9.62 Å². The molecule has 1 saturated carbocycles. The molecule has 6 atom stereocenters. The highest BCUT2D eigenvalue weighted by molar-refractivity contribution is 7.90. The molecule has 0 unspecified atom stereocenters. The van der Waals surface area contributed by atoms with Gasteiger partial charge in [0.1, 0.15) is 11.6 Å². The topological polar surface area (TPSA) is 88.2 Å². The van der Waals surface area contributed by atoms with E-state index in [1.165, 1.54) is 5.57 Å². The summed E-state index contributed by atoms with van der Waals surface area (Å²) in [7, 11) is -3.95. The summed E-state index contributed by atoms with van der Waals surface area (Å²) in [5.41, 5.74) is 3.83. The van der Waals surface area contributed by atoms with Crippen LogP contribution in [-0.4, -0.2) is 70.0 Å². The minimum Gasteiger partial charge on any atom is -0.491 e. The van der Waals surface area contributed by atoms with Crippen LogP contribution in [0.2, 0.25) is 5.02 Å². The Morgan fingerprint density at radius 2 is 1.83 bits per heavy atom. The minimum atomic E-state index is -3.95. The molecule has 2 aromatic carbocycles. The average molecular weight is 686 g/mol. The molecule has 8 rings (SSSR count). The summed E-state index contributed by atoms with van der Waals surface area (Å²) < 4.78 is 57.1. The molecule has 0 radical (unpaired) electrons. The van der Waals surface area contributed by atoms with Crippen LogP contribution in [0.5, 0.6) is 5.75 Å². The molecule has 1 saturated heterocycles. The van der Waals surface area contributed by atoms with E-state index in [0.717, 1.165) is 50.8 Å². The molecular formula is C36H45ClFN3O5S. The van der Waals surface area contributed by atoms with Gasteiger partial charge in [-0.3, -0.25) is 9.69 Å². The first-order valence-electron chi connectivity index (χ1n) is 17.2. The summed E-state index contributed by atoms with van der Waals surface area (Å²) in [5.74, 6) is 0.365.